The highest BCUT2D eigenvalue weighted by Crippen LogP contribution is 2.26. The lowest BCUT2D eigenvalue weighted by molar-refractivity contribution is 0.413. The summed E-state index contributed by atoms with van der Waals surface area (Å²) < 4.78 is 5.41. The second kappa shape index (κ2) is 7.98. The Kier molecular flexibility index (Phi) is 6.58. The molecule has 1 rings (SSSR count). The topological polar surface area (TPSA) is 24.5 Å². The Morgan fingerprint density at radius 1 is 1.28 bits per heavy atom. The van der Waals surface area contributed by atoms with Crippen LogP contribution in [0.15, 0.2) is 24.3 Å². The number of hydrogen-bond donors (Lipinski definition) is 1. The fraction of sp³-hybridized carbons (Fsp3) is 0.600. The molecule has 0 radical (unpaired) electrons. The Labute approximate surface area is 111 Å². The molecule has 0 saturated heterocycles. The van der Waals surface area contributed by atoms with Crippen LogP contribution in [0.1, 0.15) is 26.7 Å². The predicted octanol–water partition coefficient (Wildman–Crippen LogP) is 2.91. The van der Waals surface area contributed by atoms with Gasteiger partial charge in [-0.3, -0.25) is 0 Å². The number of benzene rings is 1. The smallest absolute Gasteiger partial charge is 0.142 e. The van der Waals surface area contributed by atoms with Crippen molar-refractivity contribution in [1.29, 1.82) is 0 Å². The fourth-order valence-electron chi connectivity index (χ4n) is 2.27. The van der Waals surface area contributed by atoms with Crippen LogP contribution in [0.25, 0.3) is 0 Å². The molecule has 0 heterocycles. The summed E-state index contributed by atoms with van der Waals surface area (Å²) in [7, 11) is 3.85. The molecule has 1 aromatic carbocycles. The number of nitrogens with zero attached hydrogens (tertiary/aromatic N) is 1. The molecule has 1 N–H and O–H groups in total. The number of anilines is 1. The van der Waals surface area contributed by atoms with Crippen LogP contribution in [0.5, 0.6) is 5.75 Å². The maximum Gasteiger partial charge on any atom is 0.142 e. The van der Waals surface area contributed by atoms with Crippen molar-refractivity contribution in [3.63, 3.8) is 0 Å². The van der Waals surface area contributed by atoms with Crippen LogP contribution in [0.4, 0.5) is 5.69 Å². The van der Waals surface area contributed by atoms with Crippen LogP contribution in [0, 0.1) is 0 Å². The molecule has 0 spiro atoms. The lowest BCUT2D eigenvalue weighted by Crippen LogP contribution is -2.39. The molecule has 0 bridgehead atoms. The lowest BCUT2D eigenvalue weighted by atomic mass is 10.1. The second-order valence-corrected chi connectivity index (χ2v) is 4.60. The zero-order chi connectivity index (χ0) is 13.4. The van der Waals surface area contributed by atoms with Crippen molar-refractivity contribution in [2.45, 2.75) is 32.7 Å². The van der Waals surface area contributed by atoms with Gasteiger partial charge in [0.2, 0.25) is 0 Å². The number of likely N-dealkylation sites (N-methyl/N-ethyl adjacent to an activating group) is 2. The molecular weight excluding hydrogens is 224 g/mol. The Balaban J connectivity index is 2.70. The molecule has 0 aromatic heterocycles. The minimum absolute atomic E-state index is 0.537. The number of nitrogens with one attached hydrogen (secondary N) is 1. The summed E-state index contributed by atoms with van der Waals surface area (Å²) in [5.74, 6) is 0.937. The first kappa shape index (κ1) is 14.8. The zero-order valence-corrected chi connectivity index (χ0v) is 12.1. The third kappa shape index (κ3) is 4.22. The number of methoxy groups -OCH3 is 1. The molecule has 18 heavy (non-hydrogen) atoms. The summed E-state index contributed by atoms with van der Waals surface area (Å²) in [6, 6.07) is 8.71. The molecule has 0 fully saturated rings. The third-order valence-corrected chi connectivity index (χ3v) is 3.12. The molecule has 0 aliphatic heterocycles. The Morgan fingerprint density at radius 3 is 2.61 bits per heavy atom. The number of ether oxygens (including phenoxy) is 1. The van der Waals surface area contributed by atoms with E-state index in [0.29, 0.717) is 6.04 Å². The van der Waals surface area contributed by atoms with Gasteiger partial charge < -0.3 is 15.0 Å². The maximum absolute atomic E-state index is 5.41. The molecule has 1 aromatic rings. The van der Waals surface area contributed by atoms with Crippen LogP contribution in [-0.4, -0.2) is 33.3 Å². The van der Waals surface area contributed by atoms with Crippen LogP contribution in [-0.2, 0) is 0 Å². The van der Waals surface area contributed by atoms with E-state index >= 15 is 0 Å². The number of hydrogen-bond acceptors (Lipinski definition) is 3. The molecule has 102 valence electrons. The monoisotopic (exact) mass is 250 g/mol. The van der Waals surface area contributed by atoms with E-state index in [2.05, 4.69) is 43.2 Å². The molecule has 0 saturated carbocycles. The largest absolute Gasteiger partial charge is 0.495 e. The normalized spacial score (nSPS) is 12.2. The summed E-state index contributed by atoms with van der Waals surface area (Å²) >= 11 is 0. The van der Waals surface area contributed by atoms with E-state index < -0.39 is 0 Å². The summed E-state index contributed by atoms with van der Waals surface area (Å²) in [6.45, 7) is 6.41. The van der Waals surface area contributed by atoms with E-state index in [1.165, 1.54) is 12.8 Å². The summed E-state index contributed by atoms with van der Waals surface area (Å²) in [5.41, 5.74) is 1.15. The fourth-order valence-corrected chi connectivity index (χ4v) is 2.27. The highest BCUT2D eigenvalue weighted by atomic mass is 16.5. The SMILES string of the molecule is CCCC(CN(C)c1ccccc1OC)NCC. The standard InChI is InChI=1S/C15H26N2O/c1-5-9-13(16-6-2)12-17(3)14-10-7-8-11-15(14)18-4/h7-8,10-11,13,16H,5-6,9,12H2,1-4H3. The van der Waals surface area contributed by atoms with E-state index in [4.69, 9.17) is 4.74 Å². The highest BCUT2D eigenvalue weighted by molar-refractivity contribution is 5.57. The molecule has 0 amide bonds. The lowest BCUT2D eigenvalue weighted by Gasteiger charge is -2.27. The molecule has 1 atom stereocenters. The van der Waals surface area contributed by atoms with Gasteiger partial charge in [-0.2, -0.15) is 0 Å². The van der Waals surface area contributed by atoms with Crippen LogP contribution in [0.3, 0.4) is 0 Å². The first-order valence-corrected chi connectivity index (χ1v) is 6.80. The Morgan fingerprint density at radius 2 is 2.00 bits per heavy atom. The molecule has 0 aliphatic rings. The maximum atomic E-state index is 5.41. The van der Waals surface area contributed by atoms with Gasteiger partial charge >= 0.3 is 0 Å². The zero-order valence-electron chi connectivity index (χ0n) is 12.1. The van der Waals surface area contributed by atoms with Gasteiger partial charge in [-0.25, -0.2) is 0 Å². The van der Waals surface area contributed by atoms with Crippen LogP contribution >= 0.6 is 0 Å². The third-order valence-electron chi connectivity index (χ3n) is 3.12. The van der Waals surface area contributed by atoms with Crippen molar-refractivity contribution < 1.29 is 4.74 Å². The molecular formula is C15H26N2O. The van der Waals surface area contributed by atoms with E-state index in [1.54, 1.807) is 7.11 Å². The van der Waals surface area contributed by atoms with Gasteiger partial charge in [0.1, 0.15) is 5.75 Å². The summed E-state index contributed by atoms with van der Waals surface area (Å²) in [4.78, 5) is 2.27. The second-order valence-electron chi connectivity index (χ2n) is 4.60. The van der Waals surface area contributed by atoms with Crippen molar-refractivity contribution in [3.8, 4) is 5.75 Å². The number of rotatable bonds is 8. The summed E-state index contributed by atoms with van der Waals surface area (Å²) in [6.07, 6.45) is 2.41. The van der Waals surface area contributed by atoms with E-state index in [1.807, 2.05) is 12.1 Å². The van der Waals surface area contributed by atoms with Crippen LogP contribution in [0.2, 0.25) is 0 Å². The van der Waals surface area contributed by atoms with Crippen molar-refractivity contribution in [1.82, 2.24) is 5.32 Å². The summed E-state index contributed by atoms with van der Waals surface area (Å²) in [5, 5.41) is 3.54. The van der Waals surface area contributed by atoms with Gasteiger partial charge in [-0.05, 0) is 25.1 Å². The molecule has 1 unspecified atom stereocenters. The Hall–Kier alpha value is -1.22. The van der Waals surface area contributed by atoms with Gasteiger partial charge in [-0.1, -0.05) is 32.4 Å². The molecule has 0 aliphatic carbocycles. The number of para-hydroxylation sites is 2. The van der Waals surface area contributed by atoms with Gasteiger partial charge in [0, 0.05) is 19.6 Å². The molecule has 3 nitrogen and oxygen atoms in total. The van der Waals surface area contributed by atoms with E-state index in [0.717, 1.165) is 24.5 Å². The highest BCUT2D eigenvalue weighted by Gasteiger charge is 2.12. The van der Waals surface area contributed by atoms with E-state index in [-0.39, 0.29) is 0 Å². The van der Waals surface area contributed by atoms with Crippen molar-refractivity contribution in [3.05, 3.63) is 24.3 Å². The predicted molar refractivity (Wildman–Crippen MR) is 78.6 cm³/mol. The van der Waals surface area contributed by atoms with Crippen molar-refractivity contribution in [2.75, 3.05) is 32.1 Å². The van der Waals surface area contributed by atoms with Crippen molar-refractivity contribution in [2.24, 2.45) is 0 Å². The first-order valence-electron chi connectivity index (χ1n) is 6.80. The average Bonchev–Trinajstić information content (AvgIpc) is 2.39. The van der Waals surface area contributed by atoms with Crippen LogP contribution < -0.4 is 15.0 Å². The van der Waals surface area contributed by atoms with Gasteiger partial charge in [-0.15, -0.1) is 0 Å². The van der Waals surface area contributed by atoms with Gasteiger partial charge in [0.25, 0.3) is 0 Å². The molecule has 3 heteroatoms. The van der Waals surface area contributed by atoms with Gasteiger partial charge in [0.15, 0.2) is 0 Å². The average molecular weight is 250 g/mol. The minimum atomic E-state index is 0.537. The van der Waals surface area contributed by atoms with Crippen molar-refractivity contribution >= 4 is 5.69 Å². The minimum Gasteiger partial charge on any atom is -0.495 e. The quantitative estimate of drug-likeness (QED) is 0.768. The van der Waals surface area contributed by atoms with E-state index in [9.17, 15) is 0 Å². The Bertz CT molecular complexity index is 335. The first-order chi connectivity index (χ1) is 8.72. The van der Waals surface area contributed by atoms with Gasteiger partial charge in [0.05, 0.1) is 12.8 Å².